The van der Waals surface area contributed by atoms with Crippen molar-refractivity contribution in [3.63, 3.8) is 0 Å². The Kier molecular flexibility index (Phi) is 4.90. The number of hydrogen-bond donors (Lipinski definition) is 1. The summed E-state index contributed by atoms with van der Waals surface area (Å²) in [4.78, 5) is 14.4. The third-order valence-corrected chi connectivity index (χ3v) is 5.04. The molecule has 23 heavy (non-hydrogen) atoms. The lowest BCUT2D eigenvalue weighted by Gasteiger charge is -2.17. The predicted octanol–water partition coefficient (Wildman–Crippen LogP) is 3.49. The maximum absolute atomic E-state index is 12.6. The average molecular weight is 349 g/mol. The van der Waals surface area contributed by atoms with E-state index in [1.54, 1.807) is 18.2 Å². The van der Waals surface area contributed by atoms with Crippen molar-refractivity contribution in [3.8, 4) is 0 Å². The van der Waals surface area contributed by atoms with Crippen LogP contribution in [0, 0.1) is 0 Å². The molecule has 2 N–H and O–H groups in total. The van der Waals surface area contributed by atoms with Gasteiger partial charge in [0, 0.05) is 35.1 Å². The van der Waals surface area contributed by atoms with E-state index in [1.807, 2.05) is 23.1 Å². The van der Waals surface area contributed by atoms with Gasteiger partial charge in [0.25, 0.3) is 0 Å². The first-order valence-corrected chi connectivity index (χ1v) is 8.33. The van der Waals surface area contributed by atoms with Crippen molar-refractivity contribution in [3.05, 3.63) is 69.7 Å². The molecular formula is C18H18Cl2N2O. The number of carbonyl (C=O) groups is 1. The van der Waals surface area contributed by atoms with E-state index in [2.05, 4.69) is 12.1 Å². The summed E-state index contributed by atoms with van der Waals surface area (Å²) in [5.74, 6) is 0.177. The fourth-order valence-electron chi connectivity index (χ4n) is 3.05. The lowest BCUT2D eigenvalue weighted by molar-refractivity contribution is -0.129. The van der Waals surface area contributed by atoms with Crippen molar-refractivity contribution in [2.45, 2.75) is 18.4 Å². The van der Waals surface area contributed by atoms with Crippen molar-refractivity contribution in [1.82, 2.24) is 4.90 Å². The Morgan fingerprint density at radius 2 is 1.70 bits per heavy atom. The fourth-order valence-corrected chi connectivity index (χ4v) is 3.58. The molecule has 5 heteroatoms. The number of benzene rings is 2. The molecule has 0 bridgehead atoms. The molecule has 1 heterocycles. The van der Waals surface area contributed by atoms with Gasteiger partial charge in [0.15, 0.2) is 0 Å². The van der Waals surface area contributed by atoms with Crippen molar-refractivity contribution in [2.24, 2.45) is 5.73 Å². The summed E-state index contributed by atoms with van der Waals surface area (Å²) in [5.41, 5.74) is 8.10. The summed E-state index contributed by atoms with van der Waals surface area (Å²) >= 11 is 12.3. The normalized spacial score (nSPS) is 20.7. The Labute approximate surface area is 146 Å². The molecule has 1 aliphatic rings. The zero-order valence-electron chi connectivity index (χ0n) is 12.6. The van der Waals surface area contributed by atoms with Gasteiger partial charge >= 0.3 is 0 Å². The van der Waals surface area contributed by atoms with E-state index >= 15 is 0 Å². The number of halogens is 2. The molecule has 0 radical (unpaired) electrons. The van der Waals surface area contributed by atoms with Crippen molar-refractivity contribution < 1.29 is 4.79 Å². The van der Waals surface area contributed by atoms with Crippen molar-refractivity contribution >= 4 is 29.1 Å². The van der Waals surface area contributed by atoms with Crippen LogP contribution in [-0.4, -0.2) is 29.9 Å². The maximum Gasteiger partial charge on any atom is 0.227 e. The molecule has 1 saturated heterocycles. The van der Waals surface area contributed by atoms with Gasteiger partial charge < -0.3 is 10.6 Å². The lowest BCUT2D eigenvalue weighted by Crippen LogP contribution is -2.33. The van der Waals surface area contributed by atoms with Gasteiger partial charge in [-0.1, -0.05) is 59.6 Å². The first kappa shape index (κ1) is 16.3. The molecule has 0 spiro atoms. The zero-order valence-corrected chi connectivity index (χ0v) is 14.1. The Balaban J connectivity index is 1.72. The molecule has 2 atom stereocenters. The molecule has 0 unspecified atom stereocenters. The largest absolute Gasteiger partial charge is 0.340 e. The topological polar surface area (TPSA) is 46.3 Å². The molecule has 0 aliphatic carbocycles. The molecule has 1 fully saturated rings. The molecular weight excluding hydrogens is 331 g/mol. The summed E-state index contributed by atoms with van der Waals surface area (Å²) in [6.07, 6.45) is 0.201. The molecule has 3 nitrogen and oxygen atoms in total. The predicted molar refractivity (Wildman–Crippen MR) is 93.9 cm³/mol. The Hall–Kier alpha value is -1.55. The van der Waals surface area contributed by atoms with Crippen LogP contribution < -0.4 is 5.73 Å². The van der Waals surface area contributed by atoms with Crippen molar-refractivity contribution in [2.75, 3.05) is 13.1 Å². The van der Waals surface area contributed by atoms with Crippen LogP contribution in [0.2, 0.25) is 10.0 Å². The molecule has 2 aromatic rings. The monoisotopic (exact) mass is 348 g/mol. The minimum absolute atomic E-state index is 0.00822. The Morgan fingerprint density at radius 1 is 1.04 bits per heavy atom. The Bertz CT molecular complexity index is 685. The van der Waals surface area contributed by atoms with Gasteiger partial charge in [-0.25, -0.2) is 0 Å². The van der Waals surface area contributed by atoms with Gasteiger partial charge in [-0.2, -0.15) is 0 Å². The third-order valence-electron chi connectivity index (χ3n) is 4.34. The molecule has 0 aromatic heterocycles. The molecule has 1 amide bonds. The quantitative estimate of drug-likeness (QED) is 0.922. The number of hydrogen-bond acceptors (Lipinski definition) is 2. The highest BCUT2D eigenvalue weighted by Gasteiger charge is 2.33. The van der Waals surface area contributed by atoms with Gasteiger partial charge in [-0.15, -0.1) is 0 Å². The van der Waals surface area contributed by atoms with Gasteiger partial charge in [0.05, 0.1) is 6.42 Å². The molecule has 1 aliphatic heterocycles. The van der Waals surface area contributed by atoms with E-state index in [0.29, 0.717) is 28.7 Å². The summed E-state index contributed by atoms with van der Waals surface area (Å²) in [5, 5.41) is 1.04. The molecule has 120 valence electrons. The van der Waals surface area contributed by atoms with Gasteiger partial charge in [-0.05, 0) is 23.3 Å². The van der Waals surface area contributed by atoms with Gasteiger partial charge in [-0.3, -0.25) is 4.79 Å². The molecule has 3 rings (SSSR count). The molecule has 2 aromatic carbocycles. The van der Waals surface area contributed by atoms with E-state index in [-0.39, 0.29) is 24.3 Å². The van der Waals surface area contributed by atoms with Crippen LogP contribution in [0.1, 0.15) is 17.0 Å². The highest BCUT2D eigenvalue weighted by atomic mass is 35.5. The van der Waals surface area contributed by atoms with Crippen LogP contribution in [0.25, 0.3) is 0 Å². The fraction of sp³-hybridized carbons (Fsp3) is 0.278. The first-order valence-electron chi connectivity index (χ1n) is 7.57. The van der Waals surface area contributed by atoms with Crippen LogP contribution in [0.15, 0.2) is 48.5 Å². The number of carbonyl (C=O) groups excluding carboxylic acids is 1. The number of rotatable bonds is 3. The smallest absolute Gasteiger partial charge is 0.227 e. The van der Waals surface area contributed by atoms with E-state index in [1.165, 1.54) is 5.56 Å². The highest BCUT2D eigenvalue weighted by Crippen LogP contribution is 2.29. The van der Waals surface area contributed by atoms with Crippen LogP contribution in [0.5, 0.6) is 0 Å². The van der Waals surface area contributed by atoms with E-state index in [9.17, 15) is 4.79 Å². The van der Waals surface area contributed by atoms with Crippen LogP contribution in [-0.2, 0) is 11.2 Å². The summed E-state index contributed by atoms with van der Waals surface area (Å²) in [6, 6.07) is 15.3. The molecule has 0 saturated carbocycles. The number of likely N-dealkylation sites (tertiary alicyclic amines) is 1. The second-order valence-electron chi connectivity index (χ2n) is 5.86. The average Bonchev–Trinajstić information content (AvgIpc) is 2.94. The zero-order chi connectivity index (χ0) is 16.4. The van der Waals surface area contributed by atoms with Crippen LogP contribution in [0.3, 0.4) is 0 Å². The number of nitrogens with two attached hydrogens (primary N) is 1. The second kappa shape index (κ2) is 6.91. The summed E-state index contributed by atoms with van der Waals surface area (Å²) in [6.45, 7) is 1.19. The van der Waals surface area contributed by atoms with E-state index in [4.69, 9.17) is 28.9 Å². The summed E-state index contributed by atoms with van der Waals surface area (Å²) in [7, 11) is 0. The van der Waals surface area contributed by atoms with Gasteiger partial charge in [0.1, 0.15) is 0 Å². The van der Waals surface area contributed by atoms with E-state index in [0.717, 1.165) is 0 Å². The van der Waals surface area contributed by atoms with Crippen molar-refractivity contribution in [1.29, 1.82) is 0 Å². The maximum atomic E-state index is 12.6. The first-order chi connectivity index (χ1) is 11.1. The highest BCUT2D eigenvalue weighted by molar-refractivity contribution is 6.36. The lowest BCUT2D eigenvalue weighted by atomic mass is 9.95. The second-order valence-corrected chi connectivity index (χ2v) is 6.67. The summed E-state index contributed by atoms with van der Waals surface area (Å²) < 4.78 is 0. The standard InChI is InChI=1S/C18H18Cl2N2O/c19-15-7-4-8-16(20)13(15)9-18(23)22-10-14(17(21)11-22)12-5-2-1-3-6-12/h1-8,14,17H,9-11,21H2/t14-,17+/m0/s1. The Morgan fingerprint density at radius 3 is 2.35 bits per heavy atom. The number of amides is 1. The van der Waals surface area contributed by atoms with Crippen LogP contribution >= 0.6 is 23.2 Å². The van der Waals surface area contributed by atoms with Crippen LogP contribution in [0.4, 0.5) is 0 Å². The minimum Gasteiger partial charge on any atom is -0.340 e. The van der Waals surface area contributed by atoms with Gasteiger partial charge in [0.2, 0.25) is 5.91 Å². The third kappa shape index (κ3) is 3.52. The van der Waals surface area contributed by atoms with E-state index < -0.39 is 0 Å². The SMILES string of the molecule is N[C@@H]1CN(C(=O)Cc2c(Cl)cccc2Cl)C[C@H]1c1ccccc1. The minimum atomic E-state index is -0.0527. The number of nitrogens with zero attached hydrogens (tertiary/aromatic N) is 1.